The number of thioether (sulfide) groups is 1. The fourth-order valence-electron chi connectivity index (χ4n) is 2.54. The first-order valence-electron chi connectivity index (χ1n) is 7.66. The lowest BCUT2D eigenvalue weighted by molar-refractivity contribution is -0.118. The molecule has 0 aromatic carbocycles. The van der Waals surface area contributed by atoms with Gasteiger partial charge in [-0.05, 0) is 6.26 Å². The third kappa shape index (κ3) is 3.73. The van der Waals surface area contributed by atoms with Gasteiger partial charge in [-0.25, -0.2) is 14.6 Å². The summed E-state index contributed by atoms with van der Waals surface area (Å²) >= 11 is 6.98. The van der Waals surface area contributed by atoms with Gasteiger partial charge in [0.1, 0.15) is 11.7 Å². The quantitative estimate of drug-likeness (QED) is 0.456. The molecule has 1 aliphatic heterocycles. The first kappa shape index (κ1) is 17.2. The van der Waals surface area contributed by atoms with E-state index in [2.05, 4.69) is 25.3 Å². The number of morpholine rings is 1. The number of rotatable bonds is 6. The van der Waals surface area contributed by atoms with Crippen LogP contribution in [0.4, 0.5) is 5.82 Å². The average Bonchev–Trinajstić information content (AvgIpc) is 3.04. The second-order valence-electron chi connectivity index (χ2n) is 5.22. The van der Waals surface area contributed by atoms with E-state index in [-0.39, 0.29) is 11.8 Å². The molecule has 10 heteroatoms. The van der Waals surface area contributed by atoms with Gasteiger partial charge in [0, 0.05) is 19.6 Å². The van der Waals surface area contributed by atoms with Crippen LogP contribution in [0.15, 0.2) is 11.4 Å². The molecule has 0 bridgehead atoms. The number of carbonyl (C=O) groups is 1. The predicted molar refractivity (Wildman–Crippen MR) is 93.9 cm³/mol. The number of hydrogen-bond donors (Lipinski definition) is 1. The molecule has 0 saturated carbocycles. The van der Waals surface area contributed by atoms with Gasteiger partial charge >= 0.3 is 0 Å². The highest BCUT2D eigenvalue weighted by Gasteiger charge is 2.19. The standard InChI is InChI=1S/C14H19ClN6O2S/c1-24-14-18-12(20-4-6-23-7-5-20)10-9-17-21(13(10)19-14)3-2-16-11(22)8-15/h9H,2-8H2,1H3,(H,16,22). The number of alkyl halides is 1. The van der Waals surface area contributed by atoms with Crippen molar-refractivity contribution in [3.8, 4) is 0 Å². The van der Waals surface area contributed by atoms with Crippen molar-refractivity contribution in [3.05, 3.63) is 6.20 Å². The van der Waals surface area contributed by atoms with E-state index >= 15 is 0 Å². The van der Waals surface area contributed by atoms with Crippen molar-refractivity contribution in [1.82, 2.24) is 25.1 Å². The van der Waals surface area contributed by atoms with E-state index in [1.165, 1.54) is 11.8 Å². The topological polar surface area (TPSA) is 85.2 Å². The Bertz CT molecular complexity index is 719. The molecule has 0 atom stereocenters. The molecule has 0 aliphatic carbocycles. The van der Waals surface area contributed by atoms with Crippen molar-refractivity contribution in [2.45, 2.75) is 11.7 Å². The number of amides is 1. The molecule has 0 radical (unpaired) electrons. The minimum atomic E-state index is -0.193. The molecule has 24 heavy (non-hydrogen) atoms. The van der Waals surface area contributed by atoms with Crippen LogP contribution >= 0.6 is 23.4 Å². The Hall–Kier alpha value is -1.58. The van der Waals surface area contributed by atoms with Crippen LogP contribution in [-0.2, 0) is 16.1 Å². The van der Waals surface area contributed by atoms with Crippen LogP contribution in [0.25, 0.3) is 11.0 Å². The van der Waals surface area contributed by atoms with Gasteiger partial charge in [0.15, 0.2) is 10.8 Å². The Balaban J connectivity index is 1.88. The summed E-state index contributed by atoms with van der Waals surface area (Å²) in [5.41, 5.74) is 0.774. The second kappa shape index (κ2) is 8.00. The summed E-state index contributed by atoms with van der Waals surface area (Å²) in [6, 6.07) is 0. The van der Waals surface area contributed by atoms with Crippen LogP contribution in [0.1, 0.15) is 0 Å². The van der Waals surface area contributed by atoms with Gasteiger partial charge in [0.2, 0.25) is 5.91 Å². The Morgan fingerprint density at radius 2 is 2.21 bits per heavy atom. The van der Waals surface area contributed by atoms with Crippen LogP contribution in [0, 0.1) is 0 Å². The summed E-state index contributed by atoms with van der Waals surface area (Å²) in [5.74, 6) is 0.657. The van der Waals surface area contributed by atoms with E-state index in [9.17, 15) is 4.79 Å². The number of nitrogens with zero attached hydrogens (tertiary/aromatic N) is 5. The maximum Gasteiger partial charge on any atom is 0.234 e. The summed E-state index contributed by atoms with van der Waals surface area (Å²) < 4.78 is 7.21. The Labute approximate surface area is 148 Å². The summed E-state index contributed by atoms with van der Waals surface area (Å²) in [5, 5.41) is 8.77. The highest BCUT2D eigenvalue weighted by atomic mass is 35.5. The lowest BCUT2D eigenvalue weighted by Gasteiger charge is -2.28. The molecular formula is C14H19ClN6O2S. The molecule has 1 saturated heterocycles. The van der Waals surface area contributed by atoms with Gasteiger partial charge in [-0.2, -0.15) is 5.10 Å². The van der Waals surface area contributed by atoms with Crippen molar-refractivity contribution >= 4 is 46.1 Å². The van der Waals surface area contributed by atoms with Gasteiger partial charge in [0.05, 0.1) is 31.3 Å². The van der Waals surface area contributed by atoms with Gasteiger partial charge < -0.3 is 15.0 Å². The molecule has 1 amide bonds. The lowest BCUT2D eigenvalue weighted by Crippen LogP contribution is -2.37. The smallest absolute Gasteiger partial charge is 0.234 e. The van der Waals surface area contributed by atoms with E-state index in [0.29, 0.717) is 31.5 Å². The van der Waals surface area contributed by atoms with E-state index in [0.717, 1.165) is 29.9 Å². The van der Waals surface area contributed by atoms with Crippen molar-refractivity contribution in [2.75, 3.05) is 49.9 Å². The number of nitrogens with one attached hydrogen (secondary N) is 1. The number of aromatic nitrogens is 4. The maximum absolute atomic E-state index is 11.2. The summed E-state index contributed by atoms with van der Waals surface area (Å²) in [4.78, 5) is 22.7. The number of carbonyl (C=O) groups excluding carboxylic acids is 1. The fraction of sp³-hybridized carbons (Fsp3) is 0.571. The highest BCUT2D eigenvalue weighted by molar-refractivity contribution is 7.98. The number of ether oxygens (including phenoxy) is 1. The summed E-state index contributed by atoms with van der Waals surface area (Å²) in [6.45, 7) is 3.97. The van der Waals surface area contributed by atoms with Crippen molar-refractivity contribution in [1.29, 1.82) is 0 Å². The minimum absolute atomic E-state index is 0.0418. The summed E-state index contributed by atoms with van der Waals surface area (Å²) in [7, 11) is 0. The molecule has 3 heterocycles. The van der Waals surface area contributed by atoms with Crippen LogP contribution in [0.3, 0.4) is 0 Å². The molecule has 0 spiro atoms. The largest absolute Gasteiger partial charge is 0.378 e. The van der Waals surface area contributed by atoms with E-state index in [1.54, 1.807) is 10.9 Å². The maximum atomic E-state index is 11.2. The van der Waals surface area contributed by atoms with E-state index in [1.807, 2.05) is 6.26 Å². The number of anilines is 1. The third-order valence-electron chi connectivity index (χ3n) is 3.72. The Morgan fingerprint density at radius 1 is 1.42 bits per heavy atom. The zero-order valence-electron chi connectivity index (χ0n) is 13.4. The van der Waals surface area contributed by atoms with Crippen molar-refractivity contribution < 1.29 is 9.53 Å². The fourth-order valence-corrected chi connectivity index (χ4v) is 2.99. The highest BCUT2D eigenvalue weighted by Crippen LogP contribution is 2.26. The number of hydrogen-bond acceptors (Lipinski definition) is 7. The molecule has 0 unspecified atom stereocenters. The van der Waals surface area contributed by atoms with Crippen LogP contribution in [0.2, 0.25) is 0 Å². The van der Waals surface area contributed by atoms with Crippen molar-refractivity contribution in [2.24, 2.45) is 0 Å². The monoisotopic (exact) mass is 370 g/mol. The molecule has 2 aromatic rings. The zero-order valence-corrected chi connectivity index (χ0v) is 14.9. The number of fused-ring (bicyclic) bond motifs is 1. The SMILES string of the molecule is CSc1nc(N2CCOCC2)c2cnn(CCNC(=O)CCl)c2n1. The molecule has 1 aliphatic rings. The van der Waals surface area contributed by atoms with E-state index in [4.69, 9.17) is 16.3 Å². The summed E-state index contributed by atoms with van der Waals surface area (Å²) in [6.07, 6.45) is 3.74. The Kier molecular flexibility index (Phi) is 5.75. The van der Waals surface area contributed by atoms with Crippen LogP contribution in [0.5, 0.6) is 0 Å². The molecule has 1 N–H and O–H groups in total. The third-order valence-corrected chi connectivity index (χ3v) is 4.51. The van der Waals surface area contributed by atoms with Crippen molar-refractivity contribution in [3.63, 3.8) is 0 Å². The van der Waals surface area contributed by atoms with Crippen LogP contribution < -0.4 is 10.2 Å². The van der Waals surface area contributed by atoms with Crippen LogP contribution in [-0.4, -0.2) is 70.6 Å². The van der Waals surface area contributed by atoms with Gasteiger partial charge in [-0.15, -0.1) is 11.6 Å². The molecular weight excluding hydrogens is 352 g/mol. The van der Waals surface area contributed by atoms with E-state index < -0.39 is 0 Å². The van der Waals surface area contributed by atoms with Gasteiger partial charge in [0.25, 0.3) is 0 Å². The minimum Gasteiger partial charge on any atom is -0.378 e. The normalized spacial score (nSPS) is 15.0. The average molecular weight is 371 g/mol. The lowest BCUT2D eigenvalue weighted by atomic mass is 10.3. The predicted octanol–water partition coefficient (Wildman–Crippen LogP) is 0.740. The number of halogens is 1. The first-order chi connectivity index (χ1) is 11.7. The Morgan fingerprint density at radius 3 is 2.92 bits per heavy atom. The molecule has 3 rings (SSSR count). The van der Waals surface area contributed by atoms with Gasteiger partial charge in [-0.3, -0.25) is 4.79 Å². The molecule has 8 nitrogen and oxygen atoms in total. The first-order valence-corrected chi connectivity index (χ1v) is 9.41. The molecule has 2 aromatic heterocycles. The van der Waals surface area contributed by atoms with Gasteiger partial charge in [-0.1, -0.05) is 11.8 Å². The molecule has 130 valence electrons. The second-order valence-corrected chi connectivity index (χ2v) is 6.26. The zero-order chi connectivity index (χ0) is 16.9. The molecule has 1 fully saturated rings.